The molecule has 0 amide bonds. The van der Waals surface area contributed by atoms with Gasteiger partial charge in [0.1, 0.15) is 6.33 Å². The highest BCUT2D eigenvalue weighted by atomic mass is 35.5. The van der Waals surface area contributed by atoms with Crippen LogP contribution in [0.1, 0.15) is 0 Å². The van der Waals surface area contributed by atoms with Crippen molar-refractivity contribution in [2.24, 2.45) is 0 Å². The third kappa shape index (κ3) is 1.43. The van der Waals surface area contributed by atoms with Gasteiger partial charge in [0.25, 0.3) is 0 Å². The highest BCUT2D eigenvalue weighted by Crippen LogP contribution is 2.04. The molecule has 2 aromatic heterocycles. The van der Waals surface area contributed by atoms with Gasteiger partial charge in [-0.05, 0) is 6.07 Å². The Balaban J connectivity index is 0.000000605. The van der Waals surface area contributed by atoms with Crippen LogP contribution in [0.15, 0.2) is 31.0 Å². The van der Waals surface area contributed by atoms with E-state index in [1.165, 1.54) is 6.33 Å². The van der Waals surface area contributed by atoms with Crippen molar-refractivity contribution in [1.82, 2.24) is 15.0 Å². The topological polar surface area (TPSA) is 38.7 Å². The quantitative estimate of drug-likeness (QED) is 0.596. The Morgan fingerprint density at radius 3 is 2.73 bits per heavy atom. The Labute approximate surface area is 69.9 Å². The van der Waals surface area contributed by atoms with Crippen molar-refractivity contribution in [2.45, 2.75) is 0 Å². The minimum absolute atomic E-state index is 0. The Bertz CT molecular complexity index is 285. The third-order valence-corrected chi connectivity index (χ3v) is 1.30. The molecule has 0 saturated heterocycles. The summed E-state index contributed by atoms with van der Waals surface area (Å²) < 4.78 is 0. The Kier molecular flexibility index (Phi) is 2.33. The summed E-state index contributed by atoms with van der Waals surface area (Å²) in [7, 11) is 0. The SMILES string of the molecule is Cl.c1cc2ncncc2cn1. The van der Waals surface area contributed by atoms with Crippen molar-refractivity contribution < 1.29 is 0 Å². The van der Waals surface area contributed by atoms with Gasteiger partial charge in [-0.2, -0.15) is 0 Å². The van der Waals surface area contributed by atoms with Crippen molar-refractivity contribution in [2.75, 3.05) is 0 Å². The molecule has 11 heavy (non-hydrogen) atoms. The lowest BCUT2D eigenvalue weighted by Crippen LogP contribution is -1.80. The molecule has 0 unspecified atom stereocenters. The molecule has 0 atom stereocenters. The van der Waals surface area contributed by atoms with Crippen LogP contribution in [0.2, 0.25) is 0 Å². The largest absolute Gasteiger partial charge is 0.264 e. The van der Waals surface area contributed by atoms with Gasteiger partial charge in [-0.3, -0.25) is 4.98 Å². The number of fused-ring (bicyclic) bond motifs is 1. The number of nitrogens with zero attached hydrogens (tertiary/aromatic N) is 3. The molecule has 2 rings (SSSR count). The zero-order valence-electron chi connectivity index (χ0n) is 5.64. The van der Waals surface area contributed by atoms with Gasteiger partial charge >= 0.3 is 0 Å². The molecular weight excluding hydrogens is 162 g/mol. The number of hydrogen-bond acceptors (Lipinski definition) is 3. The zero-order chi connectivity index (χ0) is 6.81. The maximum absolute atomic E-state index is 4.03. The molecule has 3 nitrogen and oxygen atoms in total. The predicted molar refractivity (Wildman–Crippen MR) is 44.6 cm³/mol. The summed E-state index contributed by atoms with van der Waals surface area (Å²) in [6.07, 6.45) is 6.74. The Hall–Kier alpha value is -1.22. The standard InChI is InChI=1S/C7H5N3.ClH/c1-2-8-3-6-4-9-5-10-7(1)6;/h1-5H;1H. The van der Waals surface area contributed by atoms with Gasteiger partial charge < -0.3 is 0 Å². The normalized spacial score (nSPS) is 9.09. The van der Waals surface area contributed by atoms with Crippen LogP contribution in [0.4, 0.5) is 0 Å². The van der Waals surface area contributed by atoms with Crippen molar-refractivity contribution in [3.8, 4) is 0 Å². The van der Waals surface area contributed by atoms with Crippen LogP contribution in [0.25, 0.3) is 10.9 Å². The fourth-order valence-electron chi connectivity index (χ4n) is 0.826. The summed E-state index contributed by atoms with van der Waals surface area (Å²) in [6, 6.07) is 1.86. The molecule has 0 fully saturated rings. The Morgan fingerprint density at radius 1 is 1.09 bits per heavy atom. The van der Waals surface area contributed by atoms with Crippen LogP contribution in [-0.2, 0) is 0 Å². The monoisotopic (exact) mass is 167 g/mol. The van der Waals surface area contributed by atoms with Gasteiger partial charge in [-0.15, -0.1) is 12.4 Å². The van der Waals surface area contributed by atoms with Crippen LogP contribution < -0.4 is 0 Å². The van der Waals surface area contributed by atoms with Gasteiger partial charge in [-0.25, -0.2) is 9.97 Å². The van der Waals surface area contributed by atoms with E-state index >= 15 is 0 Å². The number of halogens is 1. The highest BCUT2D eigenvalue weighted by molar-refractivity contribution is 5.85. The molecule has 0 aliphatic carbocycles. The van der Waals surface area contributed by atoms with E-state index < -0.39 is 0 Å². The second-order valence-electron chi connectivity index (χ2n) is 1.96. The zero-order valence-corrected chi connectivity index (χ0v) is 6.45. The average molecular weight is 168 g/mol. The average Bonchev–Trinajstić information content (AvgIpc) is 2.05. The van der Waals surface area contributed by atoms with E-state index in [9.17, 15) is 0 Å². The molecule has 0 N–H and O–H groups in total. The molecule has 56 valence electrons. The predicted octanol–water partition coefficient (Wildman–Crippen LogP) is 1.45. The number of pyridine rings is 1. The lowest BCUT2D eigenvalue weighted by atomic mass is 10.3. The summed E-state index contributed by atoms with van der Waals surface area (Å²) in [5.41, 5.74) is 0.935. The second kappa shape index (κ2) is 3.25. The van der Waals surface area contributed by atoms with Gasteiger partial charge in [-0.1, -0.05) is 0 Å². The highest BCUT2D eigenvalue weighted by Gasteiger charge is 1.88. The summed E-state index contributed by atoms with van der Waals surface area (Å²) in [4.78, 5) is 11.8. The fraction of sp³-hybridized carbons (Fsp3) is 0. The van der Waals surface area contributed by atoms with Gasteiger partial charge in [0.15, 0.2) is 0 Å². The molecule has 2 aromatic rings. The molecule has 0 aromatic carbocycles. The van der Waals surface area contributed by atoms with Crippen LogP contribution in [0, 0.1) is 0 Å². The summed E-state index contributed by atoms with van der Waals surface area (Å²) in [6.45, 7) is 0. The first-order valence-corrected chi connectivity index (χ1v) is 2.96. The molecule has 0 radical (unpaired) electrons. The summed E-state index contributed by atoms with van der Waals surface area (Å²) in [5.74, 6) is 0. The minimum atomic E-state index is 0. The smallest absolute Gasteiger partial charge is 0.116 e. The first-order valence-electron chi connectivity index (χ1n) is 2.96. The number of hydrogen-bond donors (Lipinski definition) is 0. The van der Waals surface area contributed by atoms with E-state index in [1.54, 1.807) is 18.6 Å². The maximum atomic E-state index is 4.03. The molecule has 0 saturated carbocycles. The number of aromatic nitrogens is 3. The molecule has 0 aliphatic rings. The molecule has 2 heterocycles. The van der Waals surface area contributed by atoms with Crippen molar-refractivity contribution in [3.05, 3.63) is 31.0 Å². The molecule has 0 aliphatic heterocycles. The maximum Gasteiger partial charge on any atom is 0.116 e. The lowest BCUT2D eigenvalue weighted by Gasteiger charge is -1.90. The van der Waals surface area contributed by atoms with Crippen LogP contribution in [-0.4, -0.2) is 15.0 Å². The van der Waals surface area contributed by atoms with Crippen molar-refractivity contribution in [3.63, 3.8) is 0 Å². The van der Waals surface area contributed by atoms with Crippen molar-refractivity contribution >= 4 is 23.3 Å². The van der Waals surface area contributed by atoms with E-state index in [0.717, 1.165) is 10.9 Å². The van der Waals surface area contributed by atoms with Crippen LogP contribution >= 0.6 is 12.4 Å². The first-order chi connectivity index (χ1) is 4.97. The van der Waals surface area contributed by atoms with Crippen LogP contribution in [0.5, 0.6) is 0 Å². The molecule has 0 bridgehead atoms. The van der Waals surface area contributed by atoms with E-state index in [4.69, 9.17) is 0 Å². The third-order valence-electron chi connectivity index (χ3n) is 1.30. The molecular formula is C7H6ClN3. The van der Waals surface area contributed by atoms with Crippen molar-refractivity contribution in [1.29, 1.82) is 0 Å². The van der Waals surface area contributed by atoms with E-state index in [-0.39, 0.29) is 12.4 Å². The van der Waals surface area contributed by atoms with E-state index in [2.05, 4.69) is 15.0 Å². The van der Waals surface area contributed by atoms with Gasteiger partial charge in [0.05, 0.1) is 5.52 Å². The summed E-state index contributed by atoms with van der Waals surface area (Å²) >= 11 is 0. The minimum Gasteiger partial charge on any atom is -0.264 e. The van der Waals surface area contributed by atoms with Gasteiger partial charge in [0.2, 0.25) is 0 Å². The van der Waals surface area contributed by atoms with Gasteiger partial charge in [0, 0.05) is 24.0 Å². The van der Waals surface area contributed by atoms with E-state index in [0.29, 0.717) is 0 Å². The number of rotatable bonds is 0. The summed E-state index contributed by atoms with van der Waals surface area (Å²) in [5, 5.41) is 0.977. The lowest BCUT2D eigenvalue weighted by molar-refractivity contribution is 1.21. The Morgan fingerprint density at radius 2 is 1.91 bits per heavy atom. The first kappa shape index (κ1) is 7.88. The fourth-order valence-corrected chi connectivity index (χ4v) is 0.826. The molecule has 0 spiro atoms. The van der Waals surface area contributed by atoms with Crippen LogP contribution in [0.3, 0.4) is 0 Å². The molecule has 4 heteroatoms. The van der Waals surface area contributed by atoms with E-state index in [1.807, 2.05) is 6.07 Å². The second-order valence-corrected chi connectivity index (χ2v) is 1.96.